The lowest BCUT2D eigenvalue weighted by Crippen LogP contribution is -2.09. The smallest absolute Gasteiger partial charge is 0.337 e. The molecule has 1 aromatic carbocycles. The van der Waals surface area contributed by atoms with Gasteiger partial charge in [0.15, 0.2) is 0 Å². The van der Waals surface area contributed by atoms with Crippen molar-refractivity contribution in [3.63, 3.8) is 0 Å². The molecule has 0 saturated carbocycles. The molecule has 0 atom stereocenters. The van der Waals surface area contributed by atoms with Crippen LogP contribution in [0.15, 0.2) is 18.2 Å². The summed E-state index contributed by atoms with van der Waals surface area (Å²) in [5.41, 5.74) is 0.841. The Morgan fingerprint density at radius 3 is 2.75 bits per heavy atom. The van der Waals surface area contributed by atoms with Crippen LogP contribution in [-0.2, 0) is 0 Å². The van der Waals surface area contributed by atoms with Crippen molar-refractivity contribution >= 4 is 23.3 Å². The number of carboxylic acids is 1. The molecular weight excluding hydrogens is 226 g/mol. The van der Waals surface area contributed by atoms with Gasteiger partial charge in [-0.25, -0.2) is 4.79 Å². The zero-order valence-electron chi connectivity index (χ0n) is 9.46. The van der Waals surface area contributed by atoms with Crippen molar-refractivity contribution in [1.82, 2.24) is 0 Å². The molecule has 1 rings (SSSR count). The monoisotopic (exact) mass is 241 g/mol. The predicted molar refractivity (Wildman–Crippen MR) is 66.4 cm³/mol. The van der Waals surface area contributed by atoms with Crippen molar-refractivity contribution in [3.8, 4) is 0 Å². The molecule has 0 amide bonds. The summed E-state index contributed by atoms with van der Waals surface area (Å²) in [5, 5.41) is 12.6. The summed E-state index contributed by atoms with van der Waals surface area (Å²) in [7, 11) is 0. The minimum atomic E-state index is -0.963. The number of rotatable bonds is 5. The highest BCUT2D eigenvalue weighted by Gasteiger charge is 2.10. The summed E-state index contributed by atoms with van der Waals surface area (Å²) in [5.74, 6) is -0.373. The van der Waals surface area contributed by atoms with Gasteiger partial charge in [-0.05, 0) is 30.5 Å². The Labute approximate surface area is 100 Å². The third-order valence-corrected chi connectivity index (χ3v) is 2.48. The van der Waals surface area contributed by atoms with Crippen molar-refractivity contribution in [2.45, 2.75) is 20.3 Å². The average molecular weight is 242 g/mol. The Balaban J connectivity index is 2.75. The van der Waals surface area contributed by atoms with Gasteiger partial charge in [-0.3, -0.25) is 0 Å². The van der Waals surface area contributed by atoms with E-state index < -0.39 is 5.97 Å². The van der Waals surface area contributed by atoms with Crippen molar-refractivity contribution < 1.29 is 9.90 Å². The summed E-state index contributed by atoms with van der Waals surface area (Å²) >= 11 is 5.75. The number of halogens is 1. The molecule has 1 aromatic rings. The minimum absolute atomic E-state index is 0.219. The molecule has 2 N–H and O–H groups in total. The number of nitrogens with one attached hydrogen (secondary N) is 1. The summed E-state index contributed by atoms with van der Waals surface area (Å²) in [6.07, 6.45) is 1.00. The van der Waals surface area contributed by atoms with E-state index in [9.17, 15) is 4.79 Å². The van der Waals surface area contributed by atoms with Crippen LogP contribution >= 0.6 is 11.6 Å². The van der Waals surface area contributed by atoms with E-state index in [1.807, 2.05) is 0 Å². The molecule has 0 fully saturated rings. The van der Waals surface area contributed by atoms with E-state index in [0.29, 0.717) is 16.6 Å². The van der Waals surface area contributed by atoms with Gasteiger partial charge < -0.3 is 10.4 Å². The SMILES string of the molecule is CC(C)CCNc1ccc(Cl)cc1C(=O)O. The van der Waals surface area contributed by atoms with E-state index in [0.717, 1.165) is 13.0 Å². The highest BCUT2D eigenvalue weighted by Crippen LogP contribution is 2.20. The maximum absolute atomic E-state index is 11.0. The highest BCUT2D eigenvalue weighted by atomic mass is 35.5. The second-order valence-electron chi connectivity index (χ2n) is 4.10. The van der Waals surface area contributed by atoms with E-state index in [1.165, 1.54) is 6.07 Å². The average Bonchev–Trinajstić information content (AvgIpc) is 2.19. The van der Waals surface area contributed by atoms with Crippen LogP contribution in [-0.4, -0.2) is 17.6 Å². The maximum atomic E-state index is 11.0. The van der Waals surface area contributed by atoms with Crippen LogP contribution in [0.5, 0.6) is 0 Å². The Morgan fingerprint density at radius 1 is 1.50 bits per heavy atom. The van der Waals surface area contributed by atoms with Gasteiger partial charge in [0.1, 0.15) is 0 Å². The van der Waals surface area contributed by atoms with Crippen LogP contribution in [0.4, 0.5) is 5.69 Å². The lowest BCUT2D eigenvalue weighted by atomic mass is 10.1. The maximum Gasteiger partial charge on any atom is 0.337 e. The summed E-state index contributed by atoms with van der Waals surface area (Å²) < 4.78 is 0. The molecular formula is C12H16ClNO2. The van der Waals surface area contributed by atoms with Crippen LogP contribution in [0.25, 0.3) is 0 Å². The molecule has 0 aliphatic heterocycles. The zero-order chi connectivity index (χ0) is 12.1. The molecule has 4 heteroatoms. The molecule has 0 aliphatic rings. The molecule has 0 bridgehead atoms. The van der Waals surface area contributed by atoms with Crippen LogP contribution in [0.2, 0.25) is 5.02 Å². The van der Waals surface area contributed by atoms with E-state index in [1.54, 1.807) is 12.1 Å². The number of anilines is 1. The summed E-state index contributed by atoms with van der Waals surface area (Å²) in [6.45, 7) is 5.02. The fourth-order valence-electron chi connectivity index (χ4n) is 1.34. The lowest BCUT2D eigenvalue weighted by molar-refractivity contribution is 0.0698. The summed E-state index contributed by atoms with van der Waals surface area (Å²) in [6, 6.07) is 4.85. The first-order valence-corrected chi connectivity index (χ1v) is 5.65. The van der Waals surface area contributed by atoms with Crippen LogP contribution in [0.3, 0.4) is 0 Å². The normalized spacial score (nSPS) is 10.5. The second-order valence-corrected chi connectivity index (χ2v) is 4.54. The number of aromatic carboxylic acids is 1. The first-order valence-electron chi connectivity index (χ1n) is 5.27. The standard InChI is InChI=1S/C12H16ClNO2/c1-8(2)5-6-14-11-4-3-9(13)7-10(11)12(15)16/h3-4,7-8,14H,5-6H2,1-2H3,(H,15,16). The van der Waals surface area contributed by atoms with Crippen molar-refractivity contribution in [3.05, 3.63) is 28.8 Å². The van der Waals surface area contributed by atoms with E-state index >= 15 is 0 Å². The molecule has 0 aliphatic carbocycles. The molecule has 88 valence electrons. The van der Waals surface area contributed by atoms with Crippen molar-refractivity contribution in [1.29, 1.82) is 0 Å². The van der Waals surface area contributed by atoms with Gasteiger partial charge in [-0.15, -0.1) is 0 Å². The molecule has 0 spiro atoms. The third-order valence-electron chi connectivity index (χ3n) is 2.25. The van der Waals surface area contributed by atoms with Gasteiger partial charge in [0.2, 0.25) is 0 Å². The molecule has 0 heterocycles. The number of carbonyl (C=O) groups is 1. The first-order chi connectivity index (χ1) is 7.50. The van der Waals surface area contributed by atoms with Gasteiger partial charge >= 0.3 is 5.97 Å². The Kier molecular flexibility index (Phi) is 4.62. The summed E-state index contributed by atoms with van der Waals surface area (Å²) in [4.78, 5) is 11.0. The van der Waals surface area contributed by atoms with E-state index in [4.69, 9.17) is 16.7 Å². The minimum Gasteiger partial charge on any atom is -0.478 e. The lowest BCUT2D eigenvalue weighted by Gasteiger charge is -2.11. The number of hydrogen-bond donors (Lipinski definition) is 2. The van der Waals surface area contributed by atoms with Crippen LogP contribution in [0.1, 0.15) is 30.6 Å². The fourth-order valence-corrected chi connectivity index (χ4v) is 1.52. The van der Waals surface area contributed by atoms with Crippen molar-refractivity contribution in [2.24, 2.45) is 5.92 Å². The van der Waals surface area contributed by atoms with Crippen LogP contribution < -0.4 is 5.32 Å². The number of benzene rings is 1. The van der Waals surface area contributed by atoms with Gasteiger partial charge in [0.05, 0.1) is 5.56 Å². The van der Waals surface area contributed by atoms with Gasteiger partial charge in [0, 0.05) is 17.3 Å². The zero-order valence-corrected chi connectivity index (χ0v) is 10.2. The van der Waals surface area contributed by atoms with Crippen molar-refractivity contribution in [2.75, 3.05) is 11.9 Å². The quantitative estimate of drug-likeness (QED) is 0.830. The predicted octanol–water partition coefficient (Wildman–Crippen LogP) is 3.50. The highest BCUT2D eigenvalue weighted by molar-refractivity contribution is 6.31. The molecule has 0 radical (unpaired) electrons. The molecule has 0 saturated heterocycles. The number of hydrogen-bond acceptors (Lipinski definition) is 2. The Bertz CT molecular complexity index is 377. The number of carboxylic acid groups (broad SMARTS) is 1. The fraction of sp³-hybridized carbons (Fsp3) is 0.417. The molecule has 0 aromatic heterocycles. The largest absolute Gasteiger partial charge is 0.478 e. The van der Waals surface area contributed by atoms with Crippen LogP contribution in [0, 0.1) is 5.92 Å². The topological polar surface area (TPSA) is 49.3 Å². The molecule has 3 nitrogen and oxygen atoms in total. The second kappa shape index (κ2) is 5.75. The van der Waals surface area contributed by atoms with Gasteiger partial charge in [0.25, 0.3) is 0 Å². The van der Waals surface area contributed by atoms with E-state index in [2.05, 4.69) is 19.2 Å². The Hall–Kier alpha value is -1.22. The van der Waals surface area contributed by atoms with Gasteiger partial charge in [-0.2, -0.15) is 0 Å². The molecule has 0 unspecified atom stereocenters. The molecule has 16 heavy (non-hydrogen) atoms. The first kappa shape index (κ1) is 12.8. The van der Waals surface area contributed by atoms with Gasteiger partial charge in [-0.1, -0.05) is 25.4 Å². The third kappa shape index (κ3) is 3.74. The Morgan fingerprint density at radius 2 is 2.19 bits per heavy atom. The van der Waals surface area contributed by atoms with E-state index in [-0.39, 0.29) is 5.56 Å².